The number of rotatable bonds is 9. The molecule has 9 heteroatoms. The fourth-order valence-corrected chi connectivity index (χ4v) is 4.30. The molecular weight excluding hydrogens is 412 g/mol. The second kappa shape index (κ2) is 12.4. The van der Waals surface area contributed by atoms with Gasteiger partial charge in [0.2, 0.25) is 5.91 Å². The van der Waals surface area contributed by atoms with Crippen LogP contribution >= 0.6 is 11.3 Å². The number of pyridine rings is 1. The number of hydrogen-bond donors (Lipinski definition) is 2. The van der Waals surface area contributed by atoms with Crippen molar-refractivity contribution in [2.75, 3.05) is 60.0 Å². The van der Waals surface area contributed by atoms with Crippen LogP contribution in [-0.2, 0) is 16.0 Å². The third-order valence-electron chi connectivity index (χ3n) is 5.31. The number of likely N-dealkylation sites (N-methyl/N-ethyl adjacent to an activating group) is 1. The Bertz CT molecular complexity index is 809. The van der Waals surface area contributed by atoms with Gasteiger partial charge in [-0.1, -0.05) is 12.1 Å². The van der Waals surface area contributed by atoms with Crippen LogP contribution in [0.25, 0.3) is 0 Å². The second-order valence-corrected chi connectivity index (χ2v) is 8.35. The Labute approximate surface area is 188 Å². The highest BCUT2D eigenvalue weighted by Gasteiger charge is 2.23. The van der Waals surface area contributed by atoms with Gasteiger partial charge in [0.1, 0.15) is 0 Å². The van der Waals surface area contributed by atoms with Crippen LogP contribution < -0.4 is 10.6 Å². The van der Waals surface area contributed by atoms with E-state index in [1.54, 1.807) is 29.5 Å². The summed E-state index contributed by atoms with van der Waals surface area (Å²) in [6.45, 7) is 4.87. The fraction of sp³-hybridized carbons (Fsp3) is 0.500. The molecule has 31 heavy (non-hydrogen) atoms. The highest BCUT2D eigenvalue weighted by atomic mass is 32.1. The lowest BCUT2D eigenvalue weighted by atomic mass is 10.2. The van der Waals surface area contributed by atoms with Gasteiger partial charge < -0.3 is 20.3 Å². The van der Waals surface area contributed by atoms with E-state index in [1.807, 2.05) is 25.2 Å². The van der Waals surface area contributed by atoms with E-state index in [0.717, 1.165) is 38.4 Å². The SMILES string of the molecule is CN=C(NCC(=O)N(C)CCc1ccccn1)NCC(c1cccs1)N1CCOCC1. The lowest BCUT2D eigenvalue weighted by molar-refractivity contribution is -0.128. The van der Waals surface area contributed by atoms with Gasteiger partial charge in [-0.15, -0.1) is 11.3 Å². The number of nitrogens with one attached hydrogen (secondary N) is 2. The van der Waals surface area contributed by atoms with Gasteiger partial charge in [-0.2, -0.15) is 0 Å². The van der Waals surface area contributed by atoms with Crippen LogP contribution in [0.4, 0.5) is 0 Å². The first-order valence-corrected chi connectivity index (χ1v) is 11.5. The minimum atomic E-state index is 0.0156. The summed E-state index contributed by atoms with van der Waals surface area (Å²) in [5.74, 6) is 0.642. The normalized spacial score (nSPS) is 16.0. The number of carbonyl (C=O) groups excluding carboxylic acids is 1. The van der Waals surface area contributed by atoms with Gasteiger partial charge in [0.05, 0.1) is 25.8 Å². The standard InChI is InChI=1S/C22H32N6O2S/c1-23-22(26-17-21(29)27(2)10-8-18-6-3-4-9-24-18)25-16-19(20-7-5-15-31-20)28-11-13-30-14-12-28/h3-7,9,15,19H,8,10-14,16-17H2,1-2H3,(H2,23,25,26). The van der Waals surface area contributed by atoms with Crippen LogP contribution in [0.1, 0.15) is 16.6 Å². The first kappa shape index (κ1) is 23.2. The van der Waals surface area contributed by atoms with Gasteiger partial charge in [-0.05, 0) is 23.6 Å². The van der Waals surface area contributed by atoms with E-state index >= 15 is 0 Å². The Morgan fingerprint density at radius 1 is 1.29 bits per heavy atom. The summed E-state index contributed by atoms with van der Waals surface area (Å²) >= 11 is 1.76. The van der Waals surface area contributed by atoms with Crippen LogP contribution in [-0.4, -0.2) is 86.7 Å². The number of hydrogen-bond acceptors (Lipinski definition) is 6. The monoisotopic (exact) mass is 444 g/mol. The minimum Gasteiger partial charge on any atom is -0.379 e. The summed E-state index contributed by atoms with van der Waals surface area (Å²) in [6, 6.07) is 10.3. The lowest BCUT2D eigenvalue weighted by Gasteiger charge is -2.34. The second-order valence-electron chi connectivity index (χ2n) is 7.37. The first-order valence-electron chi connectivity index (χ1n) is 10.6. The molecule has 1 amide bonds. The molecule has 0 spiro atoms. The van der Waals surface area contributed by atoms with E-state index in [0.29, 0.717) is 19.0 Å². The van der Waals surface area contributed by atoms with Crippen LogP contribution in [0.15, 0.2) is 46.9 Å². The summed E-state index contributed by atoms with van der Waals surface area (Å²) in [4.78, 5) is 26.6. The summed E-state index contributed by atoms with van der Waals surface area (Å²) in [5, 5.41) is 8.64. The quantitative estimate of drug-likeness (QED) is 0.449. The predicted octanol–water partition coefficient (Wildman–Crippen LogP) is 1.38. The van der Waals surface area contributed by atoms with Gasteiger partial charge in [-0.25, -0.2) is 0 Å². The van der Waals surface area contributed by atoms with Gasteiger partial charge in [0.15, 0.2) is 5.96 Å². The summed E-state index contributed by atoms with van der Waals surface area (Å²) < 4.78 is 5.51. The van der Waals surface area contributed by atoms with E-state index in [2.05, 4.69) is 43.0 Å². The molecule has 2 N–H and O–H groups in total. The minimum absolute atomic E-state index is 0.0156. The number of aromatic nitrogens is 1. The number of aliphatic imine (C=N–C) groups is 1. The molecule has 0 bridgehead atoms. The Morgan fingerprint density at radius 3 is 2.81 bits per heavy atom. The van der Waals surface area contributed by atoms with Crippen molar-refractivity contribution in [2.45, 2.75) is 12.5 Å². The number of thiophene rings is 1. The molecule has 0 aliphatic carbocycles. The Morgan fingerprint density at radius 2 is 2.13 bits per heavy atom. The van der Waals surface area contributed by atoms with Gasteiger partial charge >= 0.3 is 0 Å². The number of ether oxygens (including phenoxy) is 1. The molecular formula is C22H32N6O2S. The third-order valence-corrected chi connectivity index (χ3v) is 6.28. The van der Waals surface area contributed by atoms with Gasteiger partial charge in [0.25, 0.3) is 0 Å². The van der Waals surface area contributed by atoms with E-state index < -0.39 is 0 Å². The van der Waals surface area contributed by atoms with E-state index in [1.165, 1.54) is 4.88 Å². The van der Waals surface area contributed by atoms with Crippen molar-refractivity contribution in [1.82, 2.24) is 25.4 Å². The highest BCUT2D eigenvalue weighted by Crippen LogP contribution is 2.25. The summed E-state index contributed by atoms with van der Waals surface area (Å²) in [7, 11) is 3.54. The van der Waals surface area contributed by atoms with E-state index in [9.17, 15) is 4.79 Å². The molecule has 1 saturated heterocycles. The first-order chi connectivity index (χ1) is 15.2. The van der Waals surface area contributed by atoms with Crippen LogP contribution in [0.5, 0.6) is 0 Å². The lowest BCUT2D eigenvalue weighted by Crippen LogP contribution is -2.48. The van der Waals surface area contributed by atoms with Crippen molar-refractivity contribution in [2.24, 2.45) is 4.99 Å². The molecule has 0 aromatic carbocycles. The Kier molecular flexibility index (Phi) is 9.26. The number of nitrogens with zero attached hydrogens (tertiary/aromatic N) is 4. The van der Waals surface area contributed by atoms with Crippen molar-refractivity contribution in [3.63, 3.8) is 0 Å². The molecule has 1 aliphatic heterocycles. The average molecular weight is 445 g/mol. The highest BCUT2D eigenvalue weighted by molar-refractivity contribution is 7.10. The molecule has 168 valence electrons. The van der Waals surface area contributed by atoms with Crippen molar-refractivity contribution < 1.29 is 9.53 Å². The topological polar surface area (TPSA) is 82.1 Å². The summed E-state index contributed by atoms with van der Waals surface area (Å²) in [6.07, 6.45) is 2.51. The fourth-order valence-electron chi connectivity index (χ4n) is 3.44. The Balaban J connectivity index is 1.46. The number of carbonyl (C=O) groups is 1. The molecule has 2 aromatic rings. The summed E-state index contributed by atoms with van der Waals surface area (Å²) in [5.41, 5.74) is 0.982. The molecule has 1 aliphatic rings. The molecule has 1 unspecified atom stereocenters. The zero-order chi connectivity index (χ0) is 21.9. The molecule has 3 heterocycles. The van der Waals surface area contributed by atoms with Crippen LogP contribution in [0, 0.1) is 0 Å². The zero-order valence-electron chi connectivity index (χ0n) is 18.3. The largest absolute Gasteiger partial charge is 0.379 e. The van der Waals surface area contributed by atoms with Crippen molar-refractivity contribution >= 4 is 23.2 Å². The third kappa shape index (κ3) is 7.30. The smallest absolute Gasteiger partial charge is 0.241 e. The molecule has 2 aromatic heterocycles. The van der Waals surface area contributed by atoms with E-state index in [-0.39, 0.29) is 18.5 Å². The Hall–Kier alpha value is -2.49. The van der Waals surface area contributed by atoms with E-state index in [4.69, 9.17) is 4.74 Å². The number of guanidine groups is 1. The van der Waals surface area contributed by atoms with Gasteiger partial charge in [-0.3, -0.25) is 19.7 Å². The molecule has 1 fully saturated rings. The van der Waals surface area contributed by atoms with Crippen molar-refractivity contribution in [1.29, 1.82) is 0 Å². The predicted molar refractivity (Wildman–Crippen MR) is 124 cm³/mol. The zero-order valence-corrected chi connectivity index (χ0v) is 19.1. The molecule has 8 nitrogen and oxygen atoms in total. The van der Waals surface area contributed by atoms with Crippen molar-refractivity contribution in [3.8, 4) is 0 Å². The number of amides is 1. The maximum Gasteiger partial charge on any atom is 0.241 e. The average Bonchev–Trinajstić information content (AvgIpc) is 3.35. The molecule has 0 saturated carbocycles. The molecule has 1 atom stereocenters. The molecule has 0 radical (unpaired) electrons. The number of morpholine rings is 1. The van der Waals surface area contributed by atoms with Crippen LogP contribution in [0.2, 0.25) is 0 Å². The maximum atomic E-state index is 12.5. The van der Waals surface area contributed by atoms with Gasteiger partial charge in [0, 0.05) is 63.5 Å². The maximum absolute atomic E-state index is 12.5. The molecule has 3 rings (SSSR count). The van der Waals surface area contributed by atoms with Crippen molar-refractivity contribution in [3.05, 3.63) is 52.5 Å². The van der Waals surface area contributed by atoms with Crippen LogP contribution in [0.3, 0.4) is 0 Å².